The minimum absolute atomic E-state index is 0.0747. The summed E-state index contributed by atoms with van der Waals surface area (Å²) in [7, 11) is 0. The maximum atomic E-state index is 13.1. The Hall–Kier alpha value is -2.76. The Labute approximate surface area is 138 Å². The largest absolute Gasteiger partial charge is 0.352 e. The second kappa shape index (κ2) is 6.78. The first kappa shape index (κ1) is 16.1. The minimum Gasteiger partial charge on any atom is -0.352 e. The first-order chi connectivity index (χ1) is 11.5. The molecule has 4 nitrogen and oxygen atoms in total. The Morgan fingerprint density at radius 1 is 1.04 bits per heavy atom. The van der Waals surface area contributed by atoms with E-state index in [1.165, 1.54) is 41.3 Å². The minimum atomic E-state index is -0.785. The number of nitrogens with one attached hydrogen (secondary N) is 1. The van der Waals surface area contributed by atoms with E-state index in [9.17, 15) is 18.4 Å². The van der Waals surface area contributed by atoms with Crippen molar-refractivity contribution in [2.45, 2.75) is 12.5 Å². The van der Waals surface area contributed by atoms with E-state index in [0.29, 0.717) is 24.2 Å². The van der Waals surface area contributed by atoms with Crippen LogP contribution >= 0.6 is 0 Å². The summed E-state index contributed by atoms with van der Waals surface area (Å²) < 4.78 is 26.1. The fraction of sp³-hybridized carbons (Fsp3) is 0.222. The monoisotopic (exact) mass is 330 g/mol. The molecular weight excluding hydrogens is 314 g/mol. The van der Waals surface area contributed by atoms with E-state index in [2.05, 4.69) is 5.32 Å². The van der Waals surface area contributed by atoms with E-state index < -0.39 is 11.9 Å². The summed E-state index contributed by atoms with van der Waals surface area (Å²) in [6.07, 6.45) is 0.0747. The molecule has 0 radical (unpaired) electrons. The lowest BCUT2D eigenvalue weighted by Crippen LogP contribution is -2.52. The molecule has 0 spiro atoms. The molecule has 2 amide bonds. The highest BCUT2D eigenvalue weighted by atomic mass is 19.1. The molecule has 0 saturated carbocycles. The Morgan fingerprint density at radius 3 is 2.25 bits per heavy atom. The predicted molar refractivity (Wildman–Crippen MR) is 84.0 cm³/mol. The number of hydrogen-bond donors (Lipinski definition) is 1. The van der Waals surface area contributed by atoms with Crippen molar-refractivity contribution in [1.82, 2.24) is 10.2 Å². The Morgan fingerprint density at radius 2 is 1.62 bits per heavy atom. The van der Waals surface area contributed by atoms with Crippen molar-refractivity contribution in [3.63, 3.8) is 0 Å². The first-order valence-corrected chi connectivity index (χ1v) is 7.61. The van der Waals surface area contributed by atoms with E-state index in [0.717, 1.165) is 0 Å². The van der Waals surface area contributed by atoms with Gasteiger partial charge in [0.25, 0.3) is 0 Å². The lowest BCUT2D eigenvalue weighted by Gasteiger charge is -2.35. The van der Waals surface area contributed by atoms with Gasteiger partial charge in [0.2, 0.25) is 11.8 Å². The summed E-state index contributed by atoms with van der Waals surface area (Å²) in [5.74, 6) is -1.29. The third-order valence-electron chi connectivity index (χ3n) is 3.99. The van der Waals surface area contributed by atoms with Gasteiger partial charge in [-0.15, -0.1) is 0 Å². The topological polar surface area (TPSA) is 49.4 Å². The van der Waals surface area contributed by atoms with Crippen LogP contribution in [0.2, 0.25) is 0 Å². The molecule has 0 aromatic heterocycles. The molecule has 1 atom stereocenters. The zero-order valence-corrected chi connectivity index (χ0v) is 12.8. The average Bonchev–Trinajstić information content (AvgIpc) is 2.58. The number of carbonyl (C=O) groups excluding carboxylic acids is 2. The number of nitrogens with zero attached hydrogens (tertiary/aromatic N) is 1. The van der Waals surface area contributed by atoms with Gasteiger partial charge in [-0.1, -0.05) is 24.3 Å². The Balaban J connectivity index is 1.82. The highest BCUT2D eigenvalue weighted by molar-refractivity contribution is 5.90. The number of piperazine rings is 1. The van der Waals surface area contributed by atoms with E-state index in [4.69, 9.17) is 0 Å². The first-order valence-electron chi connectivity index (χ1n) is 7.61. The summed E-state index contributed by atoms with van der Waals surface area (Å²) >= 11 is 0. The van der Waals surface area contributed by atoms with Crippen LogP contribution in [0.1, 0.15) is 17.2 Å². The van der Waals surface area contributed by atoms with Crippen LogP contribution in [0.4, 0.5) is 8.78 Å². The van der Waals surface area contributed by atoms with Crippen LogP contribution in [-0.4, -0.2) is 29.8 Å². The van der Waals surface area contributed by atoms with Gasteiger partial charge in [0.05, 0.1) is 6.42 Å². The molecule has 1 aliphatic rings. The zero-order chi connectivity index (χ0) is 17.1. The highest BCUT2D eigenvalue weighted by Crippen LogP contribution is 2.24. The van der Waals surface area contributed by atoms with Crippen LogP contribution in [0.25, 0.3) is 0 Å². The maximum absolute atomic E-state index is 13.1. The quantitative estimate of drug-likeness (QED) is 0.938. The molecular formula is C18H16F2N2O2. The lowest BCUT2D eigenvalue weighted by molar-refractivity contribution is -0.143. The fourth-order valence-electron chi connectivity index (χ4n) is 2.79. The van der Waals surface area contributed by atoms with Crippen LogP contribution < -0.4 is 5.32 Å². The third kappa shape index (κ3) is 3.42. The van der Waals surface area contributed by atoms with Crippen molar-refractivity contribution in [2.75, 3.05) is 13.1 Å². The summed E-state index contributed by atoms with van der Waals surface area (Å²) in [5, 5.41) is 2.73. The van der Waals surface area contributed by atoms with E-state index in [1.807, 2.05) is 0 Å². The molecule has 1 aliphatic heterocycles. The molecule has 0 bridgehead atoms. The summed E-state index contributed by atoms with van der Waals surface area (Å²) in [4.78, 5) is 26.4. The van der Waals surface area contributed by atoms with Crippen molar-refractivity contribution in [3.8, 4) is 0 Å². The smallest absolute Gasteiger partial charge is 0.247 e. The highest BCUT2D eigenvalue weighted by Gasteiger charge is 2.34. The van der Waals surface area contributed by atoms with Gasteiger partial charge in [-0.25, -0.2) is 8.78 Å². The van der Waals surface area contributed by atoms with Crippen LogP contribution in [-0.2, 0) is 16.0 Å². The second-order valence-electron chi connectivity index (χ2n) is 5.64. The van der Waals surface area contributed by atoms with Crippen molar-refractivity contribution >= 4 is 11.8 Å². The Bertz CT molecular complexity index is 745. The second-order valence-corrected chi connectivity index (χ2v) is 5.64. The van der Waals surface area contributed by atoms with Gasteiger partial charge in [-0.05, 0) is 35.4 Å². The number of rotatable bonds is 3. The molecule has 6 heteroatoms. The fourth-order valence-corrected chi connectivity index (χ4v) is 2.79. The molecule has 1 saturated heterocycles. The van der Waals surface area contributed by atoms with E-state index in [-0.39, 0.29) is 24.1 Å². The Kier molecular flexibility index (Phi) is 4.55. The summed E-state index contributed by atoms with van der Waals surface area (Å²) in [6, 6.07) is 10.4. The predicted octanol–water partition coefficient (Wildman–Crippen LogP) is 2.21. The van der Waals surface area contributed by atoms with Gasteiger partial charge in [0, 0.05) is 13.1 Å². The molecule has 1 N–H and O–H groups in total. The van der Waals surface area contributed by atoms with Gasteiger partial charge in [-0.2, -0.15) is 0 Å². The van der Waals surface area contributed by atoms with Crippen molar-refractivity contribution < 1.29 is 18.4 Å². The number of halogens is 2. The van der Waals surface area contributed by atoms with Gasteiger partial charge >= 0.3 is 0 Å². The zero-order valence-electron chi connectivity index (χ0n) is 12.8. The molecule has 3 rings (SSSR count). The maximum Gasteiger partial charge on any atom is 0.247 e. The molecule has 0 aliphatic carbocycles. The van der Waals surface area contributed by atoms with Crippen molar-refractivity contribution in [3.05, 3.63) is 71.3 Å². The molecule has 124 valence electrons. The van der Waals surface area contributed by atoms with E-state index >= 15 is 0 Å². The van der Waals surface area contributed by atoms with Crippen molar-refractivity contribution in [2.24, 2.45) is 0 Å². The standard InChI is InChI=1S/C18H16F2N2O2/c19-14-5-1-12(2-6-14)11-16(23)22-10-9-21-18(24)17(22)13-3-7-15(20)8-4-13/h1-8,17H,9-11H2,(H,21,24). The van der Waals surface area contributed by atoms with Crippen LogP contribution in [0.5, 0.6) is 0 Å². The number of amides is 2. The van der Waals surface area contributed by atoms with Crippen molar-refractivity contribution in [1.29, 1.82) is 0 Å². The van der Waals surface area contributed by atoms with Crippen LogP contribution in [0.3, 0.4) is 0 Å². The lowest BCUT2D eigenvalue weighted by atomic mass is 10.0. The molecule has 1 fully saturated rings. The number of carbonyl (C=O) groups is 2. The summed E-state index contributed by atoms with van der Waals surface area (Å²) in [6.45, 7) is 0.736. The van der Waals surface area contributed by atoms with Gasteiger partial charge < -0.3 is 10.2 Å². The van der Waals surface area contributed by atoms with Gasteiger partial charge in [-0.3, -0.25) is 9.59 Å². The number of hydrogen-bond acceptors (Lipinski definition) is 2. The van der Waals surface area contributed by atoms with Gasteiger partial charge in [0.1, 0.15) is 17.7 Å². The third-order valence-corrected chi connectivity index (χ3v) is 3.99. The normalized spacial score (nSPS) is 17.5. The average molecular weight is 330 g/mol. The van der Waals surface area contributed by atoms with Gasteiger partial charge in [0.15, 0.2) is 0 Å². The van der Waals surface area contributed by atoms with Crippen LogP contribution in [0, 0.1) is 11.6 Å². The van der Waals surface area contributed by atoms with E-state index in [1.54, 1.807) is 12.1 Å². The summed E-state index contributed by atoms with van der Waals surface area (Å²) in [5.41, 5.74) is 1.23. The molecule has 2 aromatic carbocycles. The SMILES string of the molecule is O=C1NCCN(C(=O)Cc2ccc(F)cc2)C1c1ccc(F)cc1. The molecule has 1 heterocycles. The van der Waals surface area contributed by atoms with Crippen LogP contribution in [0.15, 0.2) is 48.5 Å². The number of benzene rings is 2. The molecule has 24 heavy (non-hydrogen) atoms. The molecule has 2 aromatic rings. The molecule has 1 unspecified atom stereocenters.